The van der Waals surface area contributed by atoms with Gasteiger partial charge in [0.25, 0.3) is 0 Å². The second-order valence-electron chi connectivity index (χ2n) is 30.1. The largest absolute Gasteiger partial charge is 0.472 e. The number of esters is 4. The van der Waals surface area contributed by atoms with Gasteiger partial charge in [-0.05, 0) is 37.5 Å². The topological polar surface area (TPSA) is 237 Å². The number of phosphoric acid groups is 2. The molecule has 0 aromatic heterocycles. The number of phosphoric ester groups is 2. The number of hydrogen-bond acceptors (Lipinski definition) is 15. The standard InChI is InChI=1S/C81H158O17P2/c1-7-9-11-13-15-17-18-19-20-21-24-31-36-41-47-53-59-65-80(85)97-76(69-91-78(83)63-57-51-45-16-14-12-10-8-2)71-95-99(87,88)93-67-75(82)68-94-100(89,90)96-72-77(70-92-79(84)64-58-52-46-40-35-30-27-26-29-34-39-44-50-56-62-74(5)6)98-81(86)66-60-54-48-42-37-32-25-22-23-28-33-38-43-49-55-61-73(3)4/h73-77,82H,7-72H2,1-6H3,(H,87,88)(H,89,90)/t75-,76+,77+/m0/s1. The van der Waals surface area contributed by atoms with Gasteiger partial charge in [0.2, 0.25) is 0 Å². The van der Waals surface area contributed by atoms with Crippen molar-refractivity contribution < 1.29 is 80.2 Å². The van der Waals surface area contributed by atoms with Crippen LogP contribution in [0.1, 0.15) is 427 Å². The maximum absolute atomic E-state index is 13.1. The van der Waals surface area contributed by atoms with Crippen molar-refractivity contribution in [3.05, 3.63) is 0 Å². The third-order valence-electron chi connectivity index (χ3n) is 19.0. The fourth-order valence-electron chi connectivity index (χ4n) is 12.5. The lowest BCUT2D eigenvalue weighted by Gasteiger charge is -2.21. The van der Waals surface area contributed by atoms with Crippen LogP contribution in [0, 0.1) is 11.8 Å². The zero-order valence-electron chi connectivity index (χ0n) is 65.5. The minimum Gasteiger partial charge on any atom is -0.462 e. The molecule has 0 aromatic rings. The molecule has 0 saturated heterocycles. The molecule has 19 heteroatoms. The molecule has 0 bridgehead atoms. The molecule has 3 N–H and O–H groups in total. The van der Waals surface area contributed by atoms with Crippen molar-refractivity contribution in [1.82, 2.24) is 0 Å². The number of unbranched alkanes of at least 4 members (excludes halogenated alkanes) is 50. The van der Waals surface area contributed by atoms with Gasteiger partial charge in [-0.3, -0.25) is 37.3 Å². The Hall–Kier alpha value is -1.94. The minimum absolute atomic E-state index is 0.108. The highest BCUT2D eigenvalue weighted by Crippen LogP contribution is 2.45. The van der Waals surface area contributed by atoms with Crippen molar-refractivity contribution in [3.63, 3.8) is 0 Å². The van der Waals surface area contributed by atoms with E-state index in [1.807, 2.05) is 0 Å². The van der Waals surface area contributed by atoms with Crippen LogP contribution in [0.25, 0.3) is 0 Å². The monoisotopic (exact) mass is 1470 g/mol. The number of aliphatic hydroxyl groups excluding tert-OH is 1. The minimum atomic E-state index is -4.96. The van der Waals surface area contributed by atoms with Gasteiger partial charge in [-0.1, -0.05) is 375 Å². The molecular formula is C81H158O17P2. The molecule has 0 amide bonds. The molecule has 0 aliphatic heterocycles. The first-order chi connectivity index (χ1) is 48.4. The number of ether oxygens (including phenoxy) is 4. The van der Waals surface area contributed by atoms with E-state index in [1.165, 1.54) is 238 Å². The molecule has 0 aliphatic rings. The van der Waals surface area contributed by atoms with Crippen LogP contribution in [0.5, 0.6) is 0 Å². The molecule has 5 atom stereocenters. The molecule has 0 aromatic carbocycles. The maximum Gasteiger partial charge on any atom is 0.472 e. The lowest BCUT2D eigenvalue weighted by atomic mass is 10.0. The van der Waals surface area contributed by atoms with Gasteiger partial charge in [-0.2, -0.15) is 0 Å². The van der Waals surface area contributed by atoms with Crippen LogP contribution in [0.2, 0.25) is 0 Å². The first-order valence-electron chi connectivity index (χ1n) is 42.0. The predicted octanol–water partition coefficient (Wildman–Crippen LogP) is 24.3. The van der Waals surface area contributed by atoms with Gasteiger partial charge < -0.3 is 33.8 Å². The molecule has 0 saturated carbocycles. The zero-order valence-corrected chi connectivity index (χ0v) is 67.3. The van der Waals surface area contributed by atoms with E-state index in [1.54, 1.807) is 0 Å². The molecule has 0 aliphatic carbocycles. The highest BCUT2D eigenvalue weighted by atomic mass is 31.2. The highest BCUT2D eigenvalue weighted by molar-refractivity contribution is 7.47. The SMILES string of the molecule is CCCCCCCCCCCCCCCCCCCC(=O)O[C@H](COC(=O)CCCCCCCCCC)COP(=O)(O)OC[C@H](O)COP(=O)(O)OC[C@@H](COC(=O)CCCCCCCCCCCCCCCCC(C)C)OC(=O)CCCCCCCCCCCCCCCCCC(C)C. The Morgan fingerprint density at radius 2 is 0.460 bits per heavy atom. The third kappa shape index (κ3) is 74.3. The fraction of sp³-hybridized carbons (Fsp3) is 0.951. The Morgan fingerprint density at radius 3 is 0.680 bits per heavy atom. The van der Waals surface area contributed by atoms with E-state index in [0.717, 1.165) is 108 Å². The molecular weight excluding hydrogens is 1310 g/mol. The number of carbonyl (C=O) groups is 4. The highest BCUT2D eigenvalue weighted by Gasteiger charge is 2.30. The average molecular weight is 1470 g/mol. The summed E-state index contributed by atoms with van der Waals surface area (Å²) in [7, 11) is -9.92. The molecule has 100 heavy (non-hydrogen) atoms. The van der Waals surface area contributed by atoms with Crippen molar-refractivity contribution in [3.8, 4) is 0 Å². The van der Waals surface area contributed by atoms with E-state index in [2.05, 4.69) is 41.5 Å². The van der Waals surface area contributed by atoms with Gasteiger partial charge in [0.1, 0.15) is 19.3 Å². The normalized spacial score (nSPS) is 13.9. The quantitative estimate of drug-likeness (QED) is 0.0222. The average Bonchev–Trinajstić information content (AvgIpc) is 0.932. The number of aliphatic hydroxyl groups is 1. The summed E-state index contributed by atoms with van der Waals surface area (Å²) in [5, 5.41) is 10.6. The van der Waals surface area contributed by atoms with Crippen LogP contribution in [-0.2, 0) is 65.4 Å². The van der Waals surface area contributed by atoms with Crippen molar-refractivity contribution >= 4 is 39.5 Å². The summed E-state index contributed by atoms with van der Waals surface area (Å²) in [6.07, 6.45) is 62.5. The summed E-state index contributed by atoms with van der Waals surface area (Å²) in [6, 6.07) is 0. The van der Waals surface area contributed by atoms with Gasteiger partial charge in [0.05, 0.1) is 26.4 Å². The maximum atomic E-state index is 13.1. The van der Waals surface area contributed by atoms with Gasteiger partial charge in [0, 0.05) is 25.7 Å². The van der Waals surface area contributed by atoms with Crippen LogP contribution >= 0.6 is 15.6 Å². The summed E-state index contributed by atoms with van der Waals surface area (Å²) >= 11 is 0. The van der Waals surface area contributed by atoms with Crippen LogP contribution in [-0.4, -0.2) is 96.7 Å². The summed E-state index contributed by atoms with van der Waals surface area (Å²) in [6.45, 7) is 9.67. The van der Waals surface area contributed by atoms with E-state index in [9.17, 15) is 43.2 Å². The van der Waals surface area contributed by atoms with E-state index in [-0.39, 0.29) is 25.7 Å². The predicted molar refractivity (Wildman–Crippen MR) is 409 cm³/mol. The Kier molecular flexibility index (Phi) is 71.2. The van der Waals surface area contributed by atoms with Crippen molar-refractivity contribution in [1.29, 1.82) is 0 Å². The number of hydrogen-bond donors (Lipinski definition) is 3. The van der Waals surface area contributed by atoms with Crippen molar-refractivity contribution in [2.24, 2.45) is 11.8 Å². The molecule has 0 rings (SSSR count). The van der Waals surface area contributed by atoms with Crippen LogP contribution in [0.15, 0.2) is 0 Å². The molecule has 0 fully saturated rings. The Morgan fingerprint density at radius 1 is 0.270 bits per heavy atom. The van der Waals surface area contributed by atoms with Gasteiger partial charge in [-0.15, -0.1) is 0 Å². The molecule has 0 heterocycles. The second kappa shape index (κ2) is 72.6. The van der Waals surface area contributed by atoms with E-state index in [0.29, 0.717) is 25.7 Å². The molecule has 0 radical (unpaired) electrons. The molecule has 0 spiro atoms. The van der Waals surface area contributed by atoms with E-state index >= 15 is 0 Å². The first kappa shape index (κ1) is 98.1. The summed E-state index contributed by atoms with van der Waals surface area (Å²) in [4.78, 5) is 72.9. The zero-order chi connectivity index (χ0) is 73.5. The number of rotatable bonds is 80. The Labute approximate surface area is 613 Å². The van der Waals surface area contributed by atoms with Crippen LogP contribution in [0.3, 0.4) is 0 Å². The third-order valence-corrected chi connectivity index (χ3v) is 20.9. The lowest BCUT2D eigenvalue weighted by molar-refractivity contribution is -0.161. The van der Waals surface area contributed by atoms with Crippen molar-refractivity contribution in [2.75, 3.05) is 39.6 Å². The molecule has 17 nitrogen and oxygen atoms in total. The summed E-state index contributed by atoms with van der Waals surface area (Å²) in [5.74, 6) is -0.508. The van der Waals surface area contributed by atoms with Crippen LogP contribution < -0.4 is 0 Å². The number of carbonyl (C=O) groups excluding carboxylic acids is 4. The summed E-state index contributed by atoms with van der Waals surface area (Å²) in [5.41, 5.74) is 0. The Balaban J connectivity index is 5.20. The van der Waals surface area contributed by atoms with Crippen LogP contribution in [0.4, 0.5) is 0 Å². The van der Waals surface area contributed by atoms with Gasteiger partial charge >= 0.3 is 39.5 Å². The van der Waals surface area contributed by atoms with Gasteiger partial charge in [-0.25, -0.2) is 9.13 Å². The van der Waals surface area contributed by atoms with E-state index in [4.69, 9.17) is 37.0 Å². The van der Waals surface area contributed by atoms with E-state index < -0.39 is 97.5 Å². The second-order valence-corrected chi connectivity index (χ2v) is 33.0. The Bertz CT molecular complexity index is 1920. The summed E-state index contributed by atoms with van der Waals surface area (Å²) < 4.78 is 68.7. The van der Waals surface area contributed by atoms with Gasteiger partial charge in [0.15, 0.2) is 12.2 Å². The smallest absolute Gasteiger partial charge is 0.462 e. The first-order valence-corrected chi connectivity index (χ1v) is 45.0. The fourth-order valence-corrected chi connectivity index (χ4v) is 14.1. The molecule has 594 valence electrons. The molecule has 2 unspecified atom stereocenters. The van der Waals surface area contributed by atoms with Crippen molar-refractivity contribution in [2.45, 2.75) is 445 Å². The lowest BCUT2D eigenvalue weighted by Crippen LogP contribution is -2.30.